The predicted octanol–water partition coefficient (Wildman–Crippen LogP) is 6.00. The molecule has 0 bridgehead atoms. The first kappa shape index (κ1) is 16.9. The summed E-state index contributed by atoms with van der Waals surface area (Å²) in [6, 6.07) is 3.38. The summed E-state index contributed by atoms with van der Waals surface area (Å²) in [4.78, 5) is 11.2. The Labute approximate surface area is 140 Å². The van der Waals surface area contributed by atoms with Crippen LogP contribution in [0, 0.1) is 5.41 Å². The molecule has 21 heavy (non-hydrogen) atoms. The third-order valence-corrected chi connectivity index (χ3v) is 5.34. The molecule has 0 spiro atoms. The number of benzene rings is 1. The van der Waals surface area contributed by atoms with Crippen molar-refractivity contribution in [1.82, 2.24) is 0 Å². The lowest BCUT2D eigenvalue weighted by Gasteiger charge is -2.36. The molecule has 1 fully saturated rings. The Morgan fingerprint density at radius 1 is 1.10 bits per heavy atom. The number of hydrogen-bond acceptors (Lipinski definition) is 1. The van der Waals surface area contributed by atoms with E-state index in [1.165, 1.54) is 6.42 Å². The highest BCUT2D eigenvalue weighted by molar-refractivity contribution is 6.39. The van der Waals surface area contributed by atoms with Crippen LogP contribution < -0.4 is 0 Å². The molecular formula is C16H19Cl3O2. The van der Waals surface area contributed by atoms with Crippen molar-refractivity contribution in [2.75, 3.05) is 0 Å². The maximum Gasteiger partial charge on any atom is 0.303 e. The number of rotatable bonds is 5. The van der Waals surface area contributed by atoms with Gasteiger partial charge in [0, 0.05) is 15.1 Å². The van der Waals surface area contributed by atoms with Crippen LogP contribution in [0.4, 0.5) is 0 Å². The fourth-order valence-corrected chi connectivity index (χ4v) is 4.34. The van der Waals surface area contributed by atoms with E-state index in [-0.39, 0.29) is 11.8 Å². The third kappa shape index (κ3) is 4.51. The summed E-state index contributed by atoms with van der Waals surface area (Å²) >= 11 is 18.4. The summed E-state index contributed by atoms with van der Waals surface area (Å²) in [6.07, 6.45) is 7.09. The third-order valence-electron chi connectivity index (χ3n) is 4.45. The molecule has 1 aliphatic carbocycles. The first-order valence-corrected chi connectivity index (χ1v) is 8.40. The van der Waals surface area contributed by atoms with Crippen LogP contribution in [0.15, 0.2) is 12.1 Å². The van der Waals surface area contributed by atoms with Crippen molar-refractivity contribution in [2.45, 2.75) is 51.4 Å². The second-order valence-corrected chi connectivity index (χ2v) is 7.23. The Hall–Kier alpha value is -0.440. The molecule has 2 nitrogen and oxygen atoms in total. The molecule has 0 saturated heterocycles. The van der Waals surface area contributed by atoms with Crippen molar-refractivity contribution in [2.24, 2.45) is 5.41 Å². The van der Waals surface area contributed by atoms with Crippen LogP contribution in [0.2, 0.25) is 15.1 Å². The first-order chi connectivity index (χ1) is 9.92. The second kappa shape index (κ2) is 7.21. The molecule has 1 N–H and O–H groups in total. The molecule has 0 amide bonds. The molecule has 2 rings (SSSR count). The van der Waals surface area contributed by atoms with Gasteiger partial charge in [0.1, 0.15) is 0 Å². The van der Waals surface area contributed by atoms with Crippen LogP contribution in [-0.2, 0) is 11.2 Å². The summed E-state index contributed by atoms with van der Waals surface area (Å²) in [7, 11) is 0. The molecule has 0 heterocycles. The quantitative estimate of drug-likeness (QED) is 0.707. The highest BCUT2D eigenvalue weighted by atomic mass is 35.5. The van der Waals surface area contributed by atoms with Gasteiger partial charge in [-0.15, -0.1) is 0 Å². The summed E-state index contributed by atoms with van der Waals surface area (Å²) < 4.78 is 0. The van der Waals surface area contributed by atoms with Gasteiger partial charge in [0.2, 0.25) is 0 Å². The smallest absolute Gasteiger partial charge is 0.303 e. The van der Waals surface area contributed by atoms with Crippen molar-refractivity contribution in [3.05, 3.63) is 32.8 Å². The highest BCUT2D eigenvalue weighted by Crippen LogP contribution is 2.44. The van der Waals surface area contributed by atoms with Gasteiger partial charge < -0.3 is 5.11 Å². The van der Waals surface area contributed by atoms with Gasteiger partial charge in [-0.05, 0) is 48.8 Å². The lowest BCUT2D eigenvalue weighted by molar-refractivity contribution is -0.140. The number of carboxylic acids is 1. The van der Waals surface area contributed by atoms with E-state index in [2.05, 4.69) is 0 Å². The lowest BCUT2D eigenvalue weighted by Crippen LogP contribution is -2.28. The fraction of sp³-hybridized carbons (Fsp3) is 0.562. The summed E-state index contributed by atoms with van der Waals surface area (Å²) in [5.41, 5.74) is 0.759. The van der Waals surface area contributed by atoms with Crippen molar-refractivity contribution >= 4 is 40.8 Å². The van der Waals surface area contributed by atoms with E-state index in [0.29, 0.717) is 21.5 Å². The van der Waals surface area contributed by atoms with Gasteiger partial charge in [-0.3, -0.25) is 4.79 Å². The van der Waals surface area contributed by atoms with Crippen LogP contribution >= 0.6 is 34.8 Å². The molecule has 0 aliphatic heterocycles. The number of carbonyl (C=O) groups is 1. The van der Waals surface area contributed by atoms with Crippen LogP contribution in [0.1, 0.15) is 50.5 Å². The number of carboxylic acid groups (broad SMARTS) is 1. The van der Waals surface area contributed by atoms with Gasteiger partial charge in [0.15, 0.2) is 0 Å². The average Bonchev–Trinajstić information content (AvgIpc) is 2.37. The van der Waals surface area contributed by atoms with Crippen molar-refractivity contribution in [3.8, 4) is 0 Å². The number of hydrogen-bond donors (Lipinski definition) is 1. The zero-order chi connectivity index (χ0) is 15.5. The van der Waals surface area contributed by atoms with E-state index in [1.54, 1.807) is 12.1 Å². The monoisotopic (exact) mass is 348 g/mol. The summed E-state index contributed by atoms with van der Waals surface area (Å²) in [5, 5.41) is 10.9. The van der Waals surface area contributed by atoms with E-state index in [1.807, 2.05) is 0 Å². The molecule has 0 atom stereocenters. The Balaban J connectivity index is 2.13. The van der Waals surface area contributed by atoms with Gasteiger partial charge in [0.05, 0.1) is 6.42 Å². The van der Waals surface area contributed by atoms with Crippen molar-refractivity contribution in [3.63, 3.8) is 0 Å². The standard InChI is InChI=1S/C16H19Cl3O2/c17-11-8-13(18)12(14(19)9-11)4-7-16(10-15(20)21)5-2-1-3-6-16/h8-9H,1-7,10H2,(H,20,21). The largest absolute Gasteiger partial charge is 0.481 e. The van der Waals surface area contributed by atoms with Crippen molar-refractivity contribution < 1.29 is 9.90 Å². The minimum absolute atomic E-state index is 0.115. The Morgan fingerprint density at radius 2 is 1.67 bits per heavy atom. The van der Waals surface area contributed by atoms with E-state index in [4.69, 9.17) is 34.8 Å². The SMILES string of the molecule is O=C(O)CC1(CCc2c(Cl)cc(Cl)cc2Cl)CCCCC1. The van der Waals surface area contributed by atoms with Crippen LogP contribution in [-0.4, -0.2) is 11.1 Å². The van der Waals surface area contributed by atoms with Crippen molar-refractivity contribution in [1.29, 1.82) is 0 Å². The molecule has 116 valence electrons. The zero-order valence-electron chi connectivity index (χ0n) is 11.8. The molecule has 0 unspecified atom stereocenters. The molecule has 1 aliphatic rings. The summed E-state index contributed by atoms with van der Waals surface area (Å²) in [5.74, 6) is -0.717. The highest BCUT2D eigenvalue weighted by Gasteiger charge is 2.34. The maximum atomic E-state index is 11.2. The van der Waals surface area contributed by atoms with Gasteiger partial charge in [0.25, 0.3) is 0 Å². The van der Waals surface area contributed by atoms with Crippen LogP contribution in [0.5, 0.6) is 0 Å². The Kier molecular flexibility index (Phi) is 5.81. The van der Waals surface area contributed by atoms with Gasteiger partial charge in [-0.25, -0.2) is 0 Å². The number of aliphatic carboxylic acids is 1. The van der Waals surface area contributed by atoms with Gasteiger partial charge in [-0.1, -0.05) is 54.1 Å². The molecule has 1 aromatic carbocycles. The number of halogens is 3. The van der Waals surface area contributed by atoms with E-state index in [0.717, 1.165) is 37.7 Å². The molecule has 5 heteroatoms. The van der Waals surface area contributed by atoms with Crippen LogP contribution in [0.3, 0.4) is 0 Å². The summed E-state index contributed by atoms with van der Waals surface area (Å²) in [6.45, 7) is 0. The minimum atomic E-state index is -0.717. The topological polar surface area (TPSA) is 37.3 Å². The lowest BCUT2D eigenvalue weighted by atomic mass is 9.68. The average molecular weight is 350 g/mol. The predicted molar refractivity (Wildman–Crippen MR) is 87.6 cm³/mol. The van der Waals surface area contributed by atoms with Gasteiger partial charge in [-0.2, -0.15) is 0 Å². The minimum Gasteiger partial charge on any atom is -0.481 e. The zero-order valence-corrected chi connectivity index (χ0v) is 14.1. The van der Waals surface area contributed by atoms with E-state index < -0.39 is 5.97 Å². The second-order valence-electron chi connectivity index (χ2n) is 5.98. The van der Waals surface area contributed by atoms with E-state index in [9.17, 15) is 9.90 Å². The van der Waals surface area contributed by atoms with Crippen LogP contribution in [0.25, 0.3) is 0 Å². The fourth-order valence-electron chi connectivity index (χ4n) is 3.34. The molecule has 0 aromatic heterocycles. The normalized spacial score (nSPS) is 17.7. The first-order valence-electron chi connectivity index (χ1n) is 7.27. The molecule has 0 radical (unpaired) electrons. The molecular weight excluding hydrogens is 331 g/mol. The Morgan fingerprint density at radius 3 is 2.19 bits per heavy atom. The van der Waals surface area contributed by atoms with Gasteiger partial charge >= 0.3 is 5.97 Å². The Bertz CT molecular complexity index is 499. The maximum absolute atomic E-state index is 11.2. The molecule has 1 saturated carbocycles. The van der Waals surface area contributed by atoms with E-state index >= 15 is 0 Å². The molecule has 1 aromatic rings.